The second-order valence-corrected chi connectivity index (χ2v) is 4.60. The number of amides is 1. The maximum Gasteiger partial charge on any atom is 0.257 e. The molecule has 0 heterocycles. The van der Waals surface area contributed by atoms with E-state index in [0.717, 1.165) is 6.07 Å². The zero-order valence-corrected chi connectivity index (χ0v) is 11.1. The molecule has 0 saturated carbocycles. The summed E-state index contributed by atoms with van der Waals surface area (Å²) in [4.78, 5) is 12.0. The summed E-state index contributed by atoms with van der Waals surface area (Å²) in [6, 6.07) is 8.62. The van der Waals surface area contributed by atoms with Crippen LogP contribution in [0.25, 0.3) is 0 Å². The van der Waals surface area contributed by atoms with Crippen LogP contribution in [0, 0.1) is 5.82 Å². The van der Waals surface area contributed by atoms with Gasteiger partial charge < -0.3 is 11.1 Å². The van der Waals surface area contributed by atoms with Gasteiger partial charge in [-0.05, 0) is 30.3 Å². The van der Waals surface area contributed by atoms with Crippen LogP contribution in [-0.4, -0.2) is 5.91 Å². The number of carbonyl (C=O) groups excluding carboxylic acids is 1. The van der Waals surface area contributed by atoms with Gasteiger partial charge in [-0.15, -0.1) is 0 Å². The number of nitrogens with two attached hydrogens (primary N) is 1. The summed E-state index contributed by atoms with van der Waals surface area (Å²) in [5, 5.41) is 2.79. The van der Waals surface area contributed by atoms with Gasteiger partial charge in [0, 0.05) is 5.02 Å². The van der Waals surface area contributed by atoms with E-state index in [4.69, 9.17) is 28.9 Å². The summed E-state index contributed by atoms with van der Waals surface area (Å²) in [6.07, 6.45) is 0. The summed E-state index contributed by atoms with van der Waals surface area (Å²) in [7, 11) is 0. The summed E-state index contributed by atoms with van der Waals surface area (Å²) < 4.78 is 13.5. The molecule has 19 heavy (non-hydrogen) atoms. The molecule has 6 heteroatoms. The van der Waals surface area contributed by atoms with Gasteiger partial charge in [0.1, 0.15) is 5.82 Å². The molecule has 2 aromatic carbocycles. The fourth-order valence-electron chi connectivity index (χ4n) is 1.51. The van der Waals surface area contributed by atoms with Gasteiger partial charge in [-0.3, -0.25) is 4.79 Å². The first-order valence-electron chi connectivity index (χ1n) is 5.29. The van der Waals surface area contributed by atoms with E-state index in [9.17, 15) is 9.18 Å². The Bertz CT molecular complexity index is 647. The molecule has 1 amide bonds. The second-order valence-electron chi connectivity index (χ2n) is 3.79. The van der Waals surface area contributed by atoms with Crippen LogP contribution in [0.4, 0.5) is 15.8 Å². The van der Waals surface area contributed by atoms with Crippen LogP contribution < -0.4 is 11.1 Å². The fraction of sp³-hybridized carbons (Fsp3) is 0. The topological polar surface area (TPSA) is 55.1 Å². The maximum atomic E-state index is 13.5. The lowest BCUT2D eigenvalue weighted by Gasteiger charge is -2.09. The predicted octanol–water partition coefficient (Wildman–Crippen LogP) is 3.97. The average molecular weight is 299 g/mol. The summed E-state index contributed by atoms with van der Waals surface area (Å²) in [5.74, 6) is -1.17. The highest BCUT2D eigenvalue weighted by atomic mass is 35.5. The number of anilines is 2. The lowest BCUT2D eigenvalue weighted by atomic mass is 10.2. The van der Waals surface area contributed by atoms with Crippen LogP contribution in [0.15, 0.2) is 36.4 Å². The van der Waals surface area contributed by atoms with E-state index in [1.807, 2.05) is 0 Å². The van der Waals surface area contributed by atoms with E-state index in [1.54, 1.807) is 12.1 Å². The Hall–Kier alpha value is -1.78. The number of rotatable bonds is 2. The van der Waals surface area contributed by atoms with Crippen molar-refractivity contribution in [1.29, 1.82) is 0 Å². The molecule has 2 aromatic rings. The van der Waals surface area contributed by atoms with Gasteiger partial charge in [-0.2, -0.15) is 0 Å². The molecule has 0 bridgehead atoms. The highest BCUT2D eigenvalue weighted by Gasteiger charge is 2.14. The molecule has 0 aliphatic heterocycles. The Balaban J connectivity index is 2.28. The Morgan fingerprint density at radius 3 is 2.63 bits per heavy atom. The molecule has 0 atom stereocenters. The summed E-state index contributed by atoms with van der Waals surface area (Å²) >= 11 is 11.5. The number of benzene rings is 2. The maximum absolute atomic E-state index is 13.5. The van der Waals surface area contributed by atoms with E-state index in [0.29, 0.717) is 0 Å². The van der Waals surface area contributed by atoms with E-state index in [2.05, 4.69) is 5.32 Å². The van der Waals surface area contributed by atoms with Gasteiger partial charge in [0.15, 0.2) is 0 Å². The van der Waals surface area contributed by atoms with Crippen molar-refractivity contribution in [3.8, 4) is 0 Å². The zero-order chi connectivity index (χ0) is 14.0. The van der Waals surface area contributed by atoms with Crippen LogP contribution in [0.3, 0.4) is 0 Å². The third kappa shape index (κ3) is 2.97. The van der Waals surface area contributed by atoms with Crippen molar-refractivity contribution in [2.45, 2.75) is 0 Å². The number of nitrogens with one attached hydrogen (secondary N) is 1. The van der Waals surface area contributed by atoms with E-state index < -0.39 is 11.7 Å². The normalized spacial score (nSPS) is 10.3. The first-order chi connectivity index (χ1) is 8.99. The zero-order valence-electron chi connectivity index (χ0n) is 9.58. The molecule has 0 fully saturated rings. The number of hydrogen-bond donors (Lipinski definition) is 2. The Morgan fingerprint density at radius 1 is 1.21 bits per heavy atom. The molecule has 0 aliphatic rings. The van der Waals surface area contributed by atoms with Crippen LogP contribution in [0.2, 0.25) is 10.0 Å². The molecule has 0 spiro atoms. The van der Waals surface area contributed by atoms with Gasteiger partial charge >= 0.3 is 0 Å². The van der Waals surface area contributed by atoms with E-state index >= 15 is 0 Å². The first-order valence-corrected chi connectivity index (χ1v) is 6.05. The number of halogens is 3. The van der Waals surface area contributed by atoms with Gasteiger partial charge in [-0.25, -0.2) is 4.39 Å². The van der Waals surface area contributed by atoms with Crippen LogP contribution >= 0.6 is 23.2 Å². The fourth-order valence-corrected chi connectivity index (χ4v) is 1.88. The van der Waals surface area contributed by atoms with Crippen molar-refractivity contribution in [1.82, 2.24) is 0 Å². The highest BCUT2D eigenvalue weighted by Crippen LogP contribution is 2.25. The number of carbonyl (C=O) groups is 1. The van der Waals surface area contributed by atoms with Crippen LogP contribution in [0.1, 0.15) is 10.4 Å². The molecule has 3 nitrogen and oxygen atoms in total. The third-order valence-electron chi connectivity index (χ3n) is 2.45. The molecule has 3 N–H and O–H groups in total. The lowest BCUT2D eigenvalue weighted by molar-refractivity contribution is 0.102. The molecule has 2 rings (SSSR count). The average Bonchev–Trinajstić information content (AvgIpc) is 2.36. The standard InChI is InChI=1S/C13H9Cl2FN2O/c14-7-4-5-11(9(16)6-7)18-13(19)8-2-1-3-10(17)12(8)15/h1-6H,17H2,(H,18,19). The minimum Gasteiger partial charge on any atom is -0.398 e. The van der Waals surface area contributed by atoms with Gasteiger partial charge in [-0.1, -0.05) is 29.3 Å². The van der Waals surface area contributed by atoms with Crippen molar-refractivity contribution >= 4 is 40.5 Å². The molecular weight excluding hydrogens is 290 g/mol. The molecule has 0 aliphatic carbocycles. The van der Waals surface area contributed by atoms with Crippen molar-refractivity contribution in [2.24, 2.45) is 0 Å². The molecule has 98 valence electrons. The molecule has 0 saturated heterocycles. The molecule has 0 aromatic heterocycles. The van der Waals surface area contributed by atoms with Gasteiger partial charge in [0.25, 0.3) is 5.91 Å². The predicted molar refractivity (Wildman–Crippen MR) is 75.2 cm³/mol. The quantitative estimate of drug-likeness (QED) is 0.824. The molecule has 0 radical (unpaired) electrons. The minimum atomic E-state index is -0.624. The van der Waals surface area contributed by atoms with Gasteiger partial charge in [0.05, 0.1) is 22.0 Å². The van der Waals surface area contributed by atoms with Crippen molar-refractivity contribution in [3.63, 3.8) is 0 Å². The van der Waals surface area contributed by atoms with Crippen LogP contribution in [-0.2, 0) is 0 Å². The molecular formula is C13H9Cl2FN2O. The van der Waals surface area contributed by atoms with E-state index in [1.165, 1.54) is 18.2 Å². The minimum absolute atomic E-state index is 0.0212. The van der Waals surface area contributed by atoms with Gasteiger partial charge in [0.2, 0.25) is 0 Å². The van der Waals surface area contributed by atoms with E-state index in [-0.39, 0.29) is 27.0 Å². The van der Waals surface area contributed by atoms with Crippen molar-refractivity contribution in [3.05, 3.63) is 57.8 Å². The Morgan fingerprint density at radius 2 is 1.95 bits per heavy atom. The highest BCUT2D eigenvalue weighted by molar-refractivity contribution is 6.36. The van der Waals surface area contributed by atoms with Crippen molar-refractivity contribution in [2.75, 3.05) is 11.1 Å². The molecule has 0 unspecified atom stereocenters. The second kappa shape index (κ2) is 5.47. The summed E-state index contributed by atoms with van der Waals surface area (Å²) in [6.45, 7) is 0. The first kappa shape index (κ1) is 13.6. The lowest BCUT2D eigenvalue weighted by Crippen LogP contribution is -2.14. The summed E-state index contributed by atoms with van der Waals surface area (Å²) in [5.41, 5.74) is 6.08. The Labute approximate surface area is 119 Å². The smallest absolute Gasteiger partial charge is 0.257 e. The van der Waals surface area contributed by atoms with Crippen LogP contribution in [0.5, 0.6) is 0 Å². The largest absolute Gasteiger partial charge is 0.398 e. The number of hydrogen-bond acceptors (Lipinski definition) is 2. The number of nitrogen functional groups attached to an aromatic ring is 1. The monoisotopic (exact) mass is 298 g/mol. The third-order valence-corrected chi connectivity index (χ3v) is 3.11. The SMILES string of the molecule is Nc1cccc(C(=O)Nc2ccc(Cl)cc2F)c1Cl. The Kier molecular flexibility index (Phi) is 3.93. The van der Waals surface area contributed by atoms with Crippen molar-refractivity contribution < 1.29 is 9.18 Å².